The van der Waals surface area contributed by atoms with Crippen LogP contribution in [0.15, 0.2) is 12.1 Å². The molecule has 1 rings (SSSR count). The van der Waals surface area contributed by atoms with E-state index in [2.05, 4.69) is 0 Å². The Morgan fingerprint density at radius 3 is 2.47 bits per heavy atom. The topological polar surface area (TPSA) is 38.7 Å². The molecule has 1 aromatic rings. The largest absolute Gasteiger partial charge is 0.497 e. The monoisotopic (exact) mass is 214 g/mol. The second kappa shape index (κ2) is 4.98. The molecule has 0 aliphatic heterocycles. The summed E-state index contributed by atoms with van der Waals surface area (Å²) in [5, 5.41) is 9.21. The second-order valence-electron chi connectivity index (χ2n) is 3.36. The van der Waals surface area contributed by atoms with Gasteiger partial charge in [0.2, 0.25) is 0 Å². The second-order valence-corrected chi connectivity index (χ2v) is 3.36. The SMILES string of the molecule is COc1cc(CC(C)O)c(F)c(OC)c1. The van der Waals surface area contributed by atoms with Crippen LogP contribution in [0.2, 0.25) is 0 Å². The van der Waals surface area contributed by atoms with Crippen molar-refractivity contribution in [1.82, 2.24) is 0 Å². The van der Waals surface area contributed by atoms with Crippen LogP contribution < -0.4 is 9.47 Å². The predicted molar refractivity (Wildman–Crippen MR) is 54.9 cm³/mol. The van der Waals surface area contributed by atoms with E-state index in [0.29, 0.717) is 11.3 Å². The van der Waals surface area contributed by atoms with Gasteiger partial charge in [-0.3, -0.25) is 0 Å². The van der Waals surface area contributed by atoms with Gasteiger partial charge >= 0.3 is 0 Å². The number of benzene rings is 1. The van der Waals surface area contributed by atoms with Gasteiger partial charge in [-0.1, -0.05) is 0 Å². The minimum atomic E-state index is -0.601. The number of rotatable bonds is 4. The third-order valence-corrected chi connectivity index (χ3v) is 2.06. The Balaban J connectivity index is 3.12. The van der Waals surface area contributed by atoms with E-state index < -0.39 is 11.9 Å². The molecule has 0 amide bonds. The number of methoxy groups -OCH3 is 2. The van der Waals surface area contributed by atoms with E-state index in [1.165, 1.54) is 20.3 Å². The van der Waals surface area contributed by atoms with Crippen LogP contribution in [0.25, 0.3) is 0 Å². The lowest BCUT2D eigenvalue weighted by atomic mass is 10.1. The van der Waals surface area contributed by atoms with E-state index in [-0.39, 0.29) is 12.2 Å². The van der Waals surface area contributed by atoms with Gasteiger partial charge in [-0.15, -0.1) is 0 Å². The van der Waals surface area contributed by atoms with E-state index in [1.807, 2.05) is 0 Å². The highest BCUT2D eigenvalue weighted by Crippen LogP contribution is 2.27. The molecule has 84 valence electrons. The molecule has 1 aromatic carbocycles. The highest BCUT2D eigenvalue weighted by atomic mass is 19.1. The average Bonchev–Trinajstić information content (AvgIpc) is 2.20. The lowest BCUT2D eigenvalue weighted by molar-refractivity contribution is 0.193. The molecule has 1 unspecified atom stereocenters. The summed E-state index contributed by atoms with van der Waals surface area (Å²) in [5.74, 6) is 0.202. The number of aliphatic hydroxyl groups is 1. The van der Waals surface area contributed by atoms with Crippen LogP contribution in [0.4, 0.5) is 4.39 Å². The van der Waals surface area contributed by atoms with E-state index in [4.69, 9.17) is 9.47 Å². The first-order chi connectivity index (χ1) is 7.08. The molecule has 0 aromatic heterocycles. The van der Waals surface area contributed by atoms with E-state index >= 15 is 0 Å². The fraction of sp³-hybridized carbons (Fsp3) is 0.455. The minimum absolute atomic E-state index is 0.130. The molecule has 4 heteroatoms. The smallest absolute Gasteiger partial charge is 0.168 e. The van der Waals surface area contributed by atoms with Gasteiger partial charge in [0.05, 0.1) is 20.3 Å². The molecule has 0 saturated heterocycles. The fourth-order valence-electron chi connectivity index (χ4n) is 1.36. The summed E-state index contributed by atoms with van der Waals surface area (Å²) in [4.78, 5) is 0. The van der Waals surface area contributed by atoms with Gasteiger partial charge < -0.3 is 14.6 Å². The van der Waals surface area contributed by atoms with Gasteiger partial charge in [0.25, 0.3) is 0 Å². The summed E-state index contributed by atoms with van der Waals surface area (Å²) in [7, 11) is 2.89. The van der Waals surface area contributed by atoms with Gasteiger partial charge in [0, 0.05) is 12.5 Å². The molecule has 0 aliphatic rings. The summed E-state index contributed by atoms with van der Waals surface area (Å²) in [5.41, 5.74) is 0.390. The zero-order chi connectivity index (χ0) is 11.4. The Morgan fingerprint density at radius 2 is 2.00 bits per heavy atom. The van der Waals surface area contributed by atoms with Crippen molar-refractivity contribution in [3.8, 4) is 11.5 Å². The molecule has 1 atom stereocenters. The molecule has 0 aliphatic carbocycles. The summed E-state index contributed by atoms with van der Waals surface area (Å²) in [6.07, 6.45) is -0.365. The van der Waals surface area contributed by atoms with Gasteiger partial charge in [-0.2, -0.15) is 0 Å². The van der Waals surface area contributed by atoms with Crippen molar-refractivity contribution >= 4 is 0 Å². The number of ether oxygens (including phenoxy) is 2. The highest BCUT2D eigenvalue weighted by molar-refractivity contribution is 5.40. The van der Waals surface area contributed by atoms with Crippen molar-refractivity contribution in [2.75, 3.05) is 14.2 Å². The zero-order valence-electron chi connectivity index (χ0n) is 9.08. The maximum Gasteiger partial charge on any atom is 0.168 e. The Morgan fingerprint density at radius 1 is 1.33 bits per heavy atom. The zero-order valence-corrected chi connectivity index (χ0v) is 9.08. The molecule has 0 saturated carbocycles. The van der Waals surface area contributed by atoms with Crippen LogP contribution in [0.3, 0.4) is 0 Å². The standard InChI is InChI=1S/C11H15FO3/c1-7(13)4-8-5-9(14-2)6-10(15-3)11(8)12/h5-7,13H,4H2,1-3H3. The fourth-order valence-corrected chi connectivity index (χ4v) is 1.36. The molecule has 1 N–H and O–H groups in total. The van der Waals surface area contributed by atoms with Crippen molar-refractivity contribution in [2.45, 2.75) is 19.4 Å². The lowest BCUT2D eigenvalue weighted by Crippen LogP contribution is -2.07. The van der Waals surface area contributed by atoms with Gasteiger partial charge in [-0.05, 0) is 18.6 Å². The molecule has 0 fully saturated rings. The highest BCUT2D eigenvalue weighted by Gasteiger charge is 2.13. The van der Waals surface area contributed by atoms with E-state index in [9.17, 15) is 9.50 Å². The molecule has 15 heavy (non-hydrogen) atoms. The third-order valence-electron chi connectivity index (χ3n) is 2.06. The first-order valence-electron chi connectivity index (χ1n) is 4.67. The normalized spacial score (nSPS) is 12.3. The molecule has 0 radical (unpaired) electrons. The first kappa shape index (κ1) is 11.8. The molecule has 0 heterocycles. The summed E-state index contributed by atoms with van der Waals surface area (Å²) >= 11 is 0. The van der Waals surface area contributed by atoms with Crippen molar-refractivity contribution < 1.29 is 19.0 Å². The first-order valence-corrected chi connectivity index (χ1v) is 4.67. The van der Waals surface area contributed by atoms with Crippen LogP contribution in [0, 0.1) is 5.82 Å². The Hall–Kier alpha value is -1.29. The van der Waals surface area contributed by atoms with Crippen LogP contribution >= 0.6 is 0 Å². The van der Waals surface area contributed by atoms with Crippen molar-refractivity contribution in [3.63, 3.8) is 0 Å². The Labute approximate surface area is 88.4 Å². The van der Waals surface area contributed by atoms with Gasteiger partial charge in [0.15, 0.2) is 11.6 Å². The third kappa shape index (κ3) is 2.83. The number of hydrogen-bond donors (Lipinski definition) is 1. The lowest BCUT2D eigenvalue weighted by Gasteiger charge is -2.11. The molecular formula is C11H15FO3. The van der Waals surface area contributed by atoms with Crippen LogP contribution in [-0.4, -0.2) is 25.4 Å². The predicted octanol–water partition coefficient (Wildman–Crippen LogP) is 1.77. The Kier molecular flexibility index (Phi) is 3.91. The summed E-state index contributed by atoms with van der Waals surface area (Å²) < 4.78 is 23.5. The number of halogens is 1. The maximum absolute atomic E-state index is 13.7. The Bertz CT molecular complexity index is 337. The summed E-state index contributed by atoms with van der Waals surface area (Å²) in [6.45, 7) is 1.60. The van der Waals surface area contributed by atoms with Crippen molar-refractivity contribution in [3.05, 3.63) is 23.5 Å². The van der Waals surface area contributed by atoms with Crippen molar-refractivity contribution in [2.24, 2.45) is 0 Å². The quantitative estimate of drug-likeness (QED) is 0.830. The molecule has 0 bridgehead atoms. The van der Waals surface area contributed by atoms with E-state index in [1.54, 1.807) is 13.0 Å². The van der Waals surface area contributed by atoms with Gasteiger partial charge in [-0.25, -0.2) is 4.39 Å². The number of aliphatic hydroxyl groups excluding tert-OH is 1. The van der Waals surface area contributed by atoms with Gasteiger partial charge in [0.1, 0.15) is 5.75 Å². The minimum Gasteiger partial charge on any atom is -0.497 e. The van der Waals surface area contributed by atoms with Crippen molar-refractivity contribution in [1.29, 1.82) is 0 Å². The summed E-state index contributed by atoms with van der Waals surface area (Å²) in [6, 6.07) is 3.03. The van der Waals surface area contributed by atoms with Crippen LogP contribution in [0.1, 0.15) is 12.5 Å². The molecule has 0 spiro atoms. The molecule has 3 nitrogen and oxygen atoms in total. The average molecular weight is 214 g/mol. The maximum atomic E-state index is 13.7. The molecular weight excluding hydrogens is 199 g/mol. The van der Waals surface area contributed by atoms with Crippen LogP contribution in [0.5, 0.6) is 11.5 Å². The van der Waals surface area contributed by atoms with Crippen LogP contribution in [-0.2, 0) is 6.42 Å². The number of hydrogen-bond acceptors (Lipinski definition) is 3. The van der Waals surface area contributed by atoms with E-state index in [0.717, 1.165) is 0 Å².